The Hall–Kier alpha value is -1.89. The van der Waals surface area contributed by atoms with Crippen LogP contribution in [0.3, 0.4) is 0 Å². The Bertz CT molecular complexity index is 736. The molecule has 25 heavy (non-hydrogen) atoms. The van der Waals surface area contributed by atoms with E-state index in [4.69, 9.17) is 0 Å². The van der Waals surface area contributed by atoms with Crippen LogP contribution in [0.5, 0.6) is 0 Å². The summed E-state index contributed by atoms with van der Waals surface area (Å²) in [4.78, 5) is 16.7. The predicted octanol–water partition coefficient (Wildman–Crippen LogP) is 5.14. The zero-order valence-electron chi connectivity index (χ0n) is 13.6. The van der Waals surface area contributed by atoms with E-state index in [9.17, 15) is 18.0 Å². The first-order chi connectivity index (χ1) is 11.9. The summed E-state index contributed by atoms with van der Waals surface area (Å²) in [5.41, 5.74) is -0.238. The van der Waals surface area contributed by atoms with Crippen molar-refractivity contribution < 1.29 is 18.0 Å². The molecule has 0 unspecified atom stereocenters. The van der Waals surface area contributed by atoms with Crippen LogP contribution in [0, 0.1) is 0 Å². The van der Waals surface area contributed by atoms with Gasteiger partial charge >= 0.3 is 6.18 Å². The highest BCUT2D eigenvalue weighted by molar-refractivity contribution is 7.09. The number of halogens is 3. The molecule has 0 saturated heterocycles. The number of rotatable bonds is 4. The summed E-state index contributed by atoms with van der Waals surface area (Å²) in [6.07, 6.45) is 1.40. The zero-order chi connectivity index (χ0) is 17.9. The molecule has 1 amide bonds. The second-order valence-electron chi connectivity index (χ2n) is 6.23. The predicted molar refractivity (Wildman–Crippen MR) is 90.6 cm³/mol. The SMILES string of the molecule is O=C(NCc1nc(C2CCCCC2)cs1)c1ccccc1C(F)(F)F. The molecule has 3 nitrogen and oxygen atoms in total. The molecule has 1 fully saturated rings. The minimum Gasteiger partial charge on any atom is -0.346 e. The molecular formula is C18H19F3N2OS. The van der Waals surface area contributed by atoms with Crippen molar-refractivity contribution >= 4 is 17.2 Å². The number of nitrogens with zero attached hydrogens (tertiary/aromatic N) is 1. The molecule has 7 heteroatoms. The van der Waals surface area contributed by atoms with Gasteiger partial charge in [-0.15, -0.1) is 11.3 Å². The number of alkyl halides is 3. The molecule has 1 aromatic heterocycles. The van der Waals surface area contributed by atoms with E-state index in [1.807, 2.05) is 5.38 Å². The van der Waals surface area contributed by atoms with Crippen LogP contribution < -0.4 is 5.32 Å². The second-order valence-corrected chi connectivity index (χ2v) is 7.17. The molecule has 3 rings (SSSR count). The summed E-state index contributed by atoms with van der Waals surface area (Å²) in [7, 11) is 0. The lowest BCUT2D eigenvalue weighted by molar-refractivity contribution is -0.137. The Morgan fingerprint density at radius 2 is 1.92 bits per heavy atom. The lowest BCUT2D eigenvalue weighted by Crippen LogP contribution is -2.25. The molecule has 1 aliphatic rings. The molecule has 0 aliphatic heterocycles. The van der Waals surface area contributed by atoms with Crippen molar-refractivity contribution in [3.63, 3.8) is 0 Å². The van der Waals surface area contributed by atoms with Crippen molar-refractivity contribution in [2.45, 2.75) is 50.7 Å². The average molecular weight is 368 g/mol. The van der Waals surface area contributed by atoms with Gasteiger partial charge in [0.15, 0.2) is 0 Å². The number of carbonyl (C=O) groups is 1. The standard InChI is InChI=1S/C18H19F3N2OS/c19-18(20,21)14-9-5-4-8-13(14)17(24)22-10-16-23-15(11-25-16)12-6-2-1-3-7-12/h4-5,8-9,11-12H,1-3,6-7,10H2,(H,22,24). The Kier molecular flexibility index (Phi) is 5.42. The Morgan fingerprint density at radius 1 is 1.20 bits per heavy atom. The normalized spacial score (nSPS) is 16.0. The number of amides is 1. The highest BCUT2D eigenvalue weighted by Gasteiger charge is 2.34. The van der Waals surface area contributed by atoms with Crippen molar-refractivity contribution in [1.82, 2.24) is 10.3 Å². The summed E-state index contributed by atoms with van der Waals surface area (Å²) in [6, 6.07) is 4.80. The van der Waals surface area contributed by atoms with Gasteiger partial charge in [-0.3, -0.25) is 4.79 Å². The van der Waals surface area contributed by atoms with Crippen LogP contribution in [0.25, 0.3) is 0 Å². The summed E-state index contributed by atoms with van der Waals surface area (Å²) in [6.45, 7) is 0.141. The highest BCUT2D eigenvalue weighted by atomic mass is 32.1. The summed E-state index contributed by atoms with van der Waals surface area (Å²) in [5.74, 6) is -0.261. The van der Waals surface area contributed by atoms with Gasteiger partial charge in [-0.2, -0.15) is 13.2 Å². The van der Waals surface area contributed by atoms with Crippen molar-refractivity contribution in [3.8, 4) is 0 Å². The number of carbonyl (C=O) groups excluding carboxylic acids is 1. The number of hydrogen-bond donors (Lipinski definition) is 1. The second kappa shape index (κ2) is 7.56. The lowest BCUT2D eigenvalue weighted by atomic mass is 9.87. The molecule has 1 aromatic carbocycles. The van der Waals surface area contributed by atoms with Gasteiger partial charge in [-0.1, -0.05) is 31.4 Å². The molecule has 1 aliphatic carbocycles. The molecule has 1 saturated carbocycles. The third-order valence-corrected chi connectivity index (χ3v) is 5.34. The van der Waals surface area contributed by atoms with E-state index in [1.165, 1.54) is 48.8 Å². The van der Waals surface area contributed by atoms with E-state index >= 15 is 0 Å². The van der Waals surface area contributed by atoms with Crippen LogP contribution in [0.4, 0.5) is 13.2 Å². The first-order valence-electron chi connectivity index (χ1n) is 8.34. The van der Waals surface area contributed by atoms with Crippen LogP contribution in [0.2, 0.25) is 0 Å². The quantitative estimate of drug-likeness (QED) is 0.812. The molecule has 0 spiro atoms. The van der Waals surface area contributed by atoms with E-state index in [0.29, 0.717) is 5.92 Å². The smallest absolute Gasteiger partial charge is 0.346 e. The summed E-state index contributed by atoms with van der Waals surface area (Å²) in [5, 5.41) is 5.27. The molecular weight excluding hydrogens is 349 g/mol. The maximum absolute atomic E-state index is 13.0. The van der Waals surface area contributed by atoms with Gasteiger partial charge in [-0.25, -0.2) is 4.98 Å². The zero-order valence-corrected chi connectivity index (χ0v) is 14.4. The van der Waals surface area contributed by atoms with Gasteiger partial charge < -0.3 is 5.32 Å². The largest absolute Gasteiger partial charge is 0.417 e. The van der Waals surface area contributed by atoms with Gasteiger partial charge in [0.2, 0.25) is 0 Å². The fourth-order valence-electron chi connectivity index (χ4n) is 3.17. The molecule has 0 bridgehead atoms. The van der Waals surface area contributed by atoms with E-state index in [2.05, 4.69) is 10.3 Å². The number of thiazole rings is 1. The number of aromatic nitrogens is 1. The molecule has 0 atom stereocenters. The minimum atomic E-state index is -4.55. The fraction of sp³-hybridized carbons (Fsp3) is 0.444. The fourth-order valence-corrected chi connectivity index (χ4v) is 3.99. The van der Waals surface area contributed by atoms with E-state index in [-0.39, 0.29) is 12.1 Å². The first-order valence-corrected chi connectivity index (χ1v) is 9.22. The van der Waals surface area contributed by atoms with Crippen molar-refractivity contribution in [1.29, 1.82) is 0 Å². The van der Waals surface area contributed by atoms with Crippen molar-refractivity contribution in [3.05, 3.63) is 51.5 Å². The van der Waals surface area contributed by atoms with Crippen LogP contribution in [-0.4, -0.2) is 10.9 Å². The monoisotopic (exact) mass is 368 g/mol. The van der Waals surface area contributed by atoms with Gasteiger partial charge in [0.05, 0.1) is 23.4 Å². The Labute approximate surface area is 148 Å². The van der Waals surface area contributed by atoms with Gasteiger partial charge in [0.1, 0.15) is 5.01 Å². The van der Waals surface area contributed by atoms with Crippen molar-refractivity contribution in [2.24, 2.45) is 0 Å². The summed E-state index contributed by atoms with van der Waals surface area (Å²) < 4.78 is 39.0. The average Bonchev–Trinajstić information content (AvgIpc) is 3.09. The Balaban J connectivity index is 1.64. The third kappa shape index (κ3) is 4.39. The summed E-state index contributed by atoms with van der Waals surface area (Å²) >= 11 is 1.44. The molecule has 0 radical (unpaired) electrons. The topological polar surface area (TPSA) is 42.0 Å². The van der Waals surface area contributed by atoms with Crippen LogP contribution in [-0.2, 0) is 12.7 Å². The van der Waals surface area contributed by atoms with Crippen LogP contribution in [0.1, 0.15) is 64.6 Å². The van der Waals surface area contributed by atoms with Crippen LogP contribution >= 0.6 is 11.3 Å². The number of hydrogen-bond acceptors (Lipinski definition) is 3. The van der Waals surface area contributed by atoms with Crippen molar-refractivity contribution in [2.75, 3.05) is 0 Å². The van der Waals surface area contributed by atoms with E-state index < -0.39 is 17.6 Å². The maximum atomic E-state index is 13.0. The molecule has 2 aromatic rings. The molecule has 1 N–H and O–H groups in total. The lowest BCUT2D eigenvalue weighted by Gasteiger charge is -2.19. The molecule has 134 valence electrons. The Morgan fingerprint density at radius 3 is 2.64 bits per heavy atom. The van der Waals surface area contributed by atoms with Gasteiger partial charge in [-0.05, 0) is 25.0 Å². The maximum Gasteiger partial charge on any atom is 0.417 e. The number of benzene rings is 1. The van der Waals surface area contributed by atoms with Gasteiger partial charge in [0, 0.05) is 11.3 Å². The van der Waals surface area contributed by atoms with Crippen LogP contribution in [0.15, 0.2) is 29.6 Å². The van der Waals surface area contributed by atoms with E-state index in [0.717, 1.165) is 29.6 Å². The van der Waals surface area contributed by atoms with Gasteiger partial charge in [0.25, 0.3) is 5.91 Å². The molecule has 1 heterocycles. The van der Waals surface area contributed by atoms with E-state index in [1.54, 1.807) is 0 Å². The first kappa shape index (κ1) is 17.9. The minimum absolute atomic E-state index is 0.141. The highest BCUT2D eigenvalue weighted by Crippen LogP contribution is 2.33. The third-order valence-electron chi connectivity index (χ3n) is 4.47. The number of nitrogens with one attached hydrogen (secondary N) is 1.